The monoisotopic (exact) mass is 573 g/mol. The maximum absolute atomic E-state index is 14.5. The van der Waals surface area contributed by atoms with Gasteiger partial charge >= 0.3 is 6.09 Å². The second kappa shape index (κ2) is 13.9. The molecule has 0 aliphatic carbocycles. The van der Waals surface area contributed by atoms with Crippen molar-refractivity contribution in [1.29, 1.82) is 0 Å². The number of fused-ring (bicyclic) bond motifs is 1. The Morgan fingerprint density at radius 1 is 0.881 bits per heavy atom. The predicted molar refractivity (Wildman–Crippen MR) is 170 cm³/mol. The van der Waals surface area contributed by atoms with E-state index >= 15 is 0 Å². The van der Waals surface area contributed by atoms with Gasteiger partial charge in [0.05, 0.1) is 0 Å². The smallest absolute Gasteiger partial charge is 0.408 e. The number of hydrogen-bond donors (Lipinski definition) is 2. The molecule has 0 fully saturated rings. The molecular formula is C35H47N3O4. The van der Waals surface area contributed by atoms with Crippen molar-refractivity contribution < 1.29 is 19.1 Å². The molecule has 4 atom stereocenters. The number of alkyl carbamates (subject to hydrolysis) is 1. The van der Waals surface area contributed by atoms with E-state index in [0.29, 0.717) is 18.5 Å². The van der Waals surface area contributed by atoms with Gasteiger partial charge in [-0.3, -0.25) is 9.59 Å². The average molecular weight is 574 g/mol. The molecule has 3 rings (SSSR count). The number of rotatable bonds is 10. The van der Waals surface area contributed by atoms with Gasteiger partial charge < -0.3 is 20.3 Å². The number of anilines is 1. The first-order chi connectivity index (χ1) is 19.7. The van der Waals surface area contributed by atoms with Crippen LogP contribution in [0.4, 0.5) is 10.5 Å². The summed E-state index contributed by atoms with van der Waals surface area (Å²) in [4.78, 5) is 43.4. The number of benzene rings is 3. The summed E-state index contributed by atoms with van der Waals surface area (Å²) >= 11 is 0. The summed E-state index contributed by atoms with van der Waals surface area (Å²) in [5.74, 6) is -0.825. The Bertz CT molecular complexity index is 1410. The maximum atomic E-state index is 14.5. The lowest BCUT2D eigenvalue weighted by atomic mass is 9.92. The van der Waals surface area contributed by atoms with Crippen LogP contribution in [0.15, 0.2) is 60.7 Å². The van der Waals surface area contributed by atoms with Crippen LogP contribution in [0.1, 0.15) is 84.0 Å². The quantitative estimate of drug-likeness (QED) is 0.260. The second-order valence-electron chi connectivity index (χ2n) is 12.3. The van der Waals surface area contributed by atoms with Crippen molar-refractivity contribution in [3.63, 3.8) is 0 Å². The Morgan fingerprint density at radius 2 is 1.55 bits per heavy atom. The first-order valence-electron chi connectivity index (χ1n) is 14.9. The molecule has 7 heteroatoms. The second-order valence-corrected chi connectivity index (χ2v) is 12.3. The number of amides is 3. The van der Waals surface area contributed by atoms with Gasteiger partial charge in [-0.25, -0.2) is 4.79 Å². The number of nitrogens with zero attached hydrogens (tertiary/aromatic N) is 1. The normalized spacial score (nSPS) is 14.4. The fraction of sp³-hybridized carbons (Fsp3) is 0.457. The van der Waals surface area contributed by atoms with Crippen molar-refractivity contribution in [2.75, 3.05) is 5.32 Å². The molecule has 7 nitrogen and oxygen atoms in total. The van der Waals surface area contributed by atoms with Gasteiger partial charge in [0, 0.05) is 11.7 Å². The molecule has 2 N–H and O–H groups in total. The summed E-state index contributed by atoms with van der Waals surface area (Å²) in [5, 5.41) is 8.01. The first kappa shape index (κ1) is 32.6. The molecular weight excluding hydrogens is 526 g/mol. The molecule has 3 amide bonds. The van der Waals surface area contributed by atoms with Gasteiger partial charge in [0.1, 0.15) is 17.7 Å². The standard InChI is InChI=1S/C35H47N3O4/c1-10-23(4)30(37-34(41)42-35(7,8)9)33(40)38(25(6)11-2)31(29-19-16-22(3)20-24(29)5)32(39)36-28-18-17-26-14-12-13-15-27(26)21-28/h12-21,23,25,30-31H,10-11H2,1-9H3,(H,36,39)(H,37,41). The molecule has 0 radical (unpaired) electrons. The van der Waals surface area contributed by atoms with E-state index in [9.17, 15) is 14.4 Å². The minimum Gasteiger partial charge on any atom is -0.444 e. The fourth-order valence-electron chi connectivity index (χ4n) is 5.10. The first-order valence-corrected chi connectivity index (χ1v) is 14.9. The Morgan fingerprint density at radius 3 is 2.14 bits per heavy atom. The van der Waals surface area contributed by atoms with Crippen molar-refractivity contribution in [2.24, 2.45) is 5.92 Å². The Labute approximate surface area is 251 Å². The van der Waals surface area contributed by atoms with Gasteiger partial charge in [-0.05, 0) is 87.9 Å². The predicted octanol–water partition coefficient (Wildman–Crippen LogP) is 7.70. The van der Waals surface area contributed by atoms with Crippen molar-refractivity contribution in [2.45, 2.75) is 98.9 Å². The highest BCUT2D eigenvalue weighted by atomic mass is 16.6. The summed E-state index contributed by atoms with van der Waals surface area (Å²) in [6, 6.07) is 17.6. The summed E-state index contributed by atoms with van der Waals surface area (Å²) in [6.45, 7) is 17.1. The average Bonchev–Trinajstić information content (AvgIpc) is 2.93. The summed E-state index contributed by atoms with van der Waals surface area (Å²) in [6.07, 6.45) is 0.614. The zero-order chi connectivity index (χ0) is 31.2. The number of nitrogens with one attached hydrogen (secondary N) is 2. The molecule has 3 aromatic rings. The van der Waals surface area contributed by atoms with Crippen molar-refractivity contribution in [1.82, 2.24) is 10.2 Å². The molecule has 0 spiro atoms. The van der Waals surface area contributed by atoms with Crippen LogP contribution in [-0.4, -0.2) is 40.5 Å². The molecule has 0 saturated heterocycles. The molecule has 0 bridgehead atoms. The Hall–Kier alpha value is -3.87. The van der Waals surface area contributed by atoms with Crippen LogP contribution in [-0.2, 0) is 14.3 Å². The van der Waals surface area contributed by atoms with Gasteiger partial charge in [-0.15, -0.1) is 0 Å². The van der Waals surface area contributed by atoms with Crippen molar-refractivity contribution in [3.05, 3.63) is 77.4 Å². The Balaban J connectivity index is 2.10. The molecule has 0 aromatic heterocycles. The lowest BCUT2D eigenvalue weighted by Crippen LogP contribution is -2.57. The van der Waals surface area contributed by atoms with E-state index in [1.54, 1.807) is 25.7 Å². The highest BCUT2D eigenvalue weighted by Crippen LogP contribution is 2.31. The van der Waals surface area contributed by atoms with Crippen molar-refractivity contribution >= 4 is 34.4 Å². The number of aryl methyl sites for hydroxylation is 2. The number of carbonyl (C=O) groups is 3. The maximum Gasteiger partial charge on any atom is 0.408 e. The van der Waals surface area contributed by atoms with Crippen LogP contribution in [0.5, 0.6) is 0 Å². The highest BCUT2D eigenvalue weighted by Gasteiger charge is 2.40. The van der Waals surface area contributed by atoms with E-state index in [4.69, 9.17) is 4.74 Å². The summed E-state index contributed by atoms with van der Waals surface area (Å²) < 4.78 is 5.52. The molecule has 42 heavy (non-hydrogen) atoms. The third-order valence-electron chi connectivity index (χ3n) is 7.73. The van der Waals surface area contributed by atoms with Crippen molar-refractivity contribution in [3.8, 4) is 0 Å². The van der Waals surface area contributed by atoms with Gasteiger partial charge in [-0.2, -0.15) is 0 Å². The van der Waals surface area contributed by atoms with Crippen LogP contribution in [0.2, 0.25) is 0 Å². The third kappa shape index (κ3) is 8.11. The minimum atomic E-state index is -0.925. The molecule has 3 aromatic carbocycles. The van der Waals surface area contributed by atoms with Crippen LogP contribution in [0, 0.1) is 19.8 Å². The Kier molecular flexibility index (Phi) is 10.8. The van der Waals surface area contributed by atoms with E-state index in [1.165, 1.54) is 0 Å². The van der Waals surface area contributed by atoms with E-state index in [0.717, 1.165) is 27.5 Å². The molecule has 0 aliphatic heterocycles. The van der Waals surface area contributed by atoms with Gasteiger partial charge in [0.2, 0.25) is 5.91 Å². The number of carbonyl (C=O) groups excluding carboxylic acids is 3. The lowest BCUT2D eigenvalue weighted by Gasteiger charge is -2.40. The number of hydrogen-bond acceptors (Lipinski definition) is 4. The van der Waals surface area contributed by atoms with Crippen LogP contribution < -0.4 is 10.6 Å². The SMILES string of the molecule is CCC(C)C(NC(=O)OC(C)(C)C)C(=O)N(C(C)CC)C(C(=O)Nc1ccc2ccccc2c1)c1ccc(C)cc1C. The van der Waals surface area contributed by atoms with E-state index in [1.807, 2.05) is 102 Å². The fourth-order valence-corrected chi connectivity index (χ4v) is 5.10. The zero-order valence-corrected chi connectivity index (χ0v) is 26.6. The summed E-state index contributed by atoms with van der Waals surface area (Å²) in [7, 11) is 0. The zero-order valence-electron chi connectivity index (χ0n) is 26.6. The largest absolute Gasteiger partial charge is 0.444 e. The lowest BCUT2D eigenvalue weighted by molar-refractivity contribution is -0.144. The third-order valence-corrected chi connectivity index (χ3v) is 7.73. The molecule has 0 heterocycles. The molecule has 0 saturated carbocycles. The van der Waals surface area contributed by atoms with Gasteiger partial charge in [0.25, 0.3) is 5.91 Å². The minimum absolute atomic E-state index is 0.195. The topological polar surface area (TPSA) is 87.7 Å². The van der Waals surface area contributed by atoms with Crippen LogP contribution >= 0.6 is 0 Å². The van der Waals surface area contributed by atoms with Crippen LogP contribution in [0.3, 0.4) is 0 Å². The molecule has 0 aliphatic rings. The highest BCUT2D eigenvalue weighted by molar-refractivity contribution is 6.00. The van der Waals surface area contributed by atoms with Crippen LogP contribution in [0.25, 0.3) is 10.8 Å². The summed E-state index contributed by atoms with van der Waals surface area (Å²) in [5.41, 5.74) is 2.65. The van der Waals surface area contributed by atoms with E-state index in [2.05, 4.69) is 10.6 Å². The van der Waals surface area contributed by atoms with E-state index < -0.39 is 23.8 Å². The van der Waals surface area contributed by atoms with Gasteiger partial charge in [0.15, 0.2) is 0 Å². The molecule has 226 valence electrons. The van der Waals surface area contributed by atoms with Gasteiger partial charge in [-0.1, -0.05) is 81.3 Å². The molecule has 4 unspecified atom stereocenters. The number of ether oxygens (including phenoxy) is 1. The van der Waals surface area contributed by atoms with E-state index in [-0.39, 0.29) is 23.8 Å².